The largest absolute Gasteiger partial charge is 0.339 e. The van der Waals surface area contributed by atoms with Crippen molar-refractivity contribution in [2.75, 3.05) is 6.54 Å². The molecule has 2 unspecified atom stereocenters. The zero-order chi connectivity index (χ0) is 13.8. The van der Waals surface area contributed by atoms with Crippen molar-refractivity contribution in [3.8, 4) is 11.4 Å². The average molecular weight is 272 g/mol. The van der Waals surface area contributed by atoms with E-state index in [1.807, 2.05) is 12.1 Å². The van der Waals surface area contributed by atoms with Gasteiger partial charge in [-0.05, 0) is 31.5 Å². The number of likely N-dealkylation sites (N-methyl/N-ethyl adjacent to an activating group) is 1. The van der Waals surface area contributed by atoms with E-state index in [9.17, 15) is 0 Å². The third kappa shape index (κ3) is 2.72. The van der Waals surface area contributed by atoms with Crippen molar-refractivity contribution >= 4 is 0 Å². The van der Waals surface area contributed by atoms with E-state index >= 15 is 0 Å². The number of rotatable bonds is 4. The lowest BCUT2D eigenvalue weighted by atomic mass is 9.84. The van der Waals surface area contributed by atoms with E-state index in [4.69, 9.17) is 4.52 Å². The van der Waals surface area contributed by atoms with Crippen LogP contribution in [0, 0.1) is 0 Å². The first kappa shape index (κ1) is 13.2. The van der Waals surface area contributed by atoms with E-state index in [2.05, 4.69) is 27.4 Å². The number of hydrogen-bond acceptors (Lipinski definition) is 5. The highest BCUT2D eigenvalue weighted by Crippen LogP contribution is 2.33. The molecule has 3 rings (SSSR count). The Labute approximate surface area is 118 Å². The number of nitrogens with one attached hydrogen (secondary N) is 1. The molecule has 0 radical (unpaired) electrons. The van der Waals surface area contributed by atoms with Crippen LogP contribution in [0.15, 0.2) is 29.0 Å². The molecule has 0 aliphatic heterocycles. The van der Waals surface area contributed by atoms with E-state index < -0.39 is 0 Å². The van der Waals surface area contributed by atoms with Crippen molar-refractivity contribution in [2.45, 2.75) is 44.6 Å². The summed E-state index contributed by atoms with van der Waals surface area (Å²) in [5.74, 6) is 1.76. The monoisotopic (exact) mass is 272 g/mol. The average Bonchev–Trinajstić information content (AvgIpc) is 2.99. The molecule has 0 spiro atoms. The molecule has 106 valence electrons. The second-order valence-electron chi connectivity index (χ2n) is 5.25. The van der Waals surface area contributed by atoms with Crippen LogP contribution < -0.4 is 5.32 Å². The van der Waals surface area contributed by atoms with Gasteiger partial charge >= 0.3 is 0 Å². The molecule has 1 saturated carbocycles. The van der Waals surface area contributed by atoms with Gasteiger partial charge in [0.1, 0.15) is 0 Å². The van der Waals surface area contributed by atoms with Crippen LogP contribution in [0.4, 0.5) is 0 Å². The molecule has 2 heterocycles. The van der Waals surface area contributed by atoms with Crippen molar-refractivity contribution in [1.29, 1.82) is 0 Å². The summed E-state index contributed by atoms with van der Waals surface area (Å²) in [6.07, 6.45) is 8.31. The first-order valence-corrected chi connectivity index (χ1v) is 7.36. The van der Waals surface area contributed by atoms with E-state index in [0.29, 0.717) is 17.8 Å². The van der Waals surface area contributed by atoms with Gasteiger partial charge in [-0.1, -0.05) is 24.9 Å². The highest BCUT2D eigenvalue weighted by Gasteiger charge is 2.30. The van der Waals surface area contributed by atoms with Crippen LogP contribution in [0.2, 0.25) is 0 Å². The first-order valence-electron chi connectivity index (χ1n) is 7.36. The van der Waals surface area contributed by atoms with Gasteiger partial charge in [0, 0.05) is 24.0 Å². The smallest absolute Gasteiger partial charge is 0.231 e. The van der Waals surface area contributed by atoms with Crippen molar-refractivity contribution in [3.63, 3.8) is 0 Å². The van der Waals surface area contributed by atoms with Crippen molar-refractivity contribution in [2.24, 2.45) is 0 Å². The molecule has 2 atom stereocenters. The molecule has 1 aliphatic rings. The topological polar surface area (TPSA) is 63.8 Å². The number of hydrogen-bond donors (Lipinski definition) is 1. The molecule has 1 N–H and O–H groups in total. The van der Waals surface area contributed by atoms with Gasteiger partial charge in [0.2, 0.25) is 11.7 Å². The lowest BCUT2D eigenvalue weighted by molar-refractivity contribution is 0.265. The molecule has 2 aromatic rings. The normalized spacial score (nSPS) is 22.9. The fourth-order valence-electron chi connectivity index (χ4n) is 2.94. The predicted octanol–water partition coefficient (Wildman–Crippen LogP) is 2.77. The Bertz CT molecular complexity index is 538. The SMILES string of the molecule is CCNC1CCCCC1c1nc(-c2ccncc2)no1. The van der Waals surface area contributed by atoms with Gasteiger partial charge in [-0.15, -0.1) is 0 Å². The van der Waals surface area contributed by atoms with Gasteiger partial charge in [-0.2, -0.15) is 4.98 Å². The maximum absolute atomic E-state index is 5.51. The molecular formula is C15H20N4O. The van der Waals surface area contributed by atoms with Crippen LogP contribution in [0.3, 0.4) is 0 Å². The lowest BCUT2D eigenvalue weighted by Gasteiger charge is -2.29. The molecule has 0 bridgehead atoms. The maximum atomic E-state index is 5.51. The summed E-state index contributed by atoms with van der Waals surface area (Å²) in [5, 5.41) is 7.66. The zero-order valence-corrected chi connectivity index (χ0v) is 11.7. The molecule has 0 aromatic carbocycles. The van der Waals surface area contributed by atoms with Crippen LogP contribution in [0.25, 0.3) is 11.4 Å². The molecule has 0 saturated heterocycles. The molecule has 1 fully saturated rings. The van der Waals surface area contributed by atoms with Gasteiger partial charge < -0.3 is 9.84 Å². The second-order valence-corrected chi connectivity index (χ2v) is 5.25. The Morgan fingerprint density at radius 1 is 1.25 bits per heavy atom. The summed E-state index contributed by atoms with van der Waals surface area (Å²) in [6.45, 7) is 3.12. The first-order chi connectivity index (χ1) is 9.88. The van der Waals surface area contributed by atoms with Crippen LogP contribution in [-0.2, 0) is 0 Å². The Hall–Kier alpha value is -1.75. The summed E-state index contributed by atoms with van der Waals surface area (Å²) in [7, 11) is 0. The third-order valence-electron chi connectivity index (χ3n) is 3.93. The Kier molecular flexibility index (Phi) is 4.06. The third-order valence-corrected chi connectivity index (χ3v) is 3.93. The Balaban J connectivity index is 1.81. The minimum absolute atomic E-state index is 0.340. The quantitative estimate of drug-likeness (QED) is 0.927. The molecular weight excluding hydrogens is 252 g/mol. The summed E-state index contributed by atoms with van der Waals surface area (Å²) in [5.41, 5.74) is 0.950. The number of aromatic nitrogens is 3. The summed E-state index contributed by atoms with van der Waals surface area (Å²) < 4.78 is 5.51. The standard InChI is InChI=1S/C15H20N4O/c1-2-17-13-6-4-3-5-12(13)15-18-14(19-20-15)11-7-9-16-10-8-11/h7-10,12-13,17H,2-6H2,1H3. The van der Waals surface area contributed by atoms with Crippen molar-refractivity contribution < 1.29 is 4.52 Å². The predicted molar refractivity (Wildman–Crippen MR) is 76.2 cm³/mol. The molecule has 5 nitrogen and oxygen atoms in total. The zero-order valence-electron chi connectivity index (χ0n) is 11.7. The van der Waals surface area contributed by atoms with Gasteiger partial charge in [0.25, 0.3) is 0 Å². The minimum Gasteiger partial charge on any atom is -0.339 e. The van der Waals surface area contributed by atoms with Crippen LogP contribution in [0.5, 0.6) is 0 Å². The van der Waals surface area contributed by atoms with Crippen LogP contribution >= 0.6 is 0 Å². The number of pyridine rings is 1. The Morgan fingerprint density at radius 2 is 2.05 bits per heavy atom. The maximum Gasteiger partial charge on any atom is 0.231 e. The van der Waals surface area contributed by atoms with Crippen molar-refractivity contribution in [3.05, 3.63) is 30.4 Å². The van der Waals surface area contributed by atoms with Gasteiger partial charge in [-0.3, -0.25) is 4.98 Å². The highest BCUT2D eigenvalue weighted by atomic mass is 16.5. The number of nitrogens with zero attached hydrogens (tertiary/aromatic N) is 3. The summed E-state index contributed by atoms with van der Waals surface area (Å²) in [6, 6.07) is 4.26. The van der Waals surface area contributed by atoms with Gasteiger partial charge in [0.05, 0.1) is 5.92 Å². The van der Waals surface area contributed by atoms with Gasteiger partial charge in [-0.25, -0.2) is 0 Å². The lowest BCUT2D eigenvalue weighted by Crippen LogP contribution is -2.37. The summed E-state index contributed by atoms with van der Waals surface area (Å²) in [4.78, 5) is 8.60. The molecule has 20 heavy (non-hydrogen) atoms. The van der Waals surface area contributed by atoms with Crippen LogP contribution in [-0.4, -0.2) is 27.7 Å². The van der Waals surface area contributed by atoms with E-state index in [-0.39, 0.29) is 0 Å². The van der Waals surface area contributed by atoms with E-state index in [1.54, 1.807) is 12.4 Å². The minimum atomic E-state index is 0.340. The van der Waals surface area contributed by atoms with Gasteiger partial charge in [0.15, 0.2) is 0 Å². The fourth-order valence-corrected chi connectivity index (χ4v) is 2.94. The Morgan fingerprint density at radius 3 is 2.85 bits per heavy atom. The summed E-state index contributed by atoms with van der Waals surface area (Å²) >= 11 is 0. The molecule has 1 aliphatic carbocycles. The van der Waals surface area contributed by atoms with Crippen molar-refractivity contribution in [1.82, 2.24) is 20.4 Å². The van der Waals surface area contributed by atoms with Crippen LogP contribution in [0.1, 0.15) is 44.4 Å². The van der Waals surface area contributed by atoms with E-state index in [0.717, 1.165) is 24.4 Å². The molecule has 0 amide bonds. The van der Waals surface area contributed by atoms with E-state index in [1.165, 1.54) is 19.3 Å². The highest BCUT2D eigenvalue weighted by molar-refractivity contribution is 5.52. The second kappa shape index (κ2) is 6.13. The molecule has 5 heteroatoms. The molecule has 2 aromatic heterocycles. The fraction of sp³-hybridized carbons (Fsp3) is 0.533.